The van der Waals surface area contributed by atoms with Gasteiger partial charge in [0, 0.05) is 44.3 Å². The van der Waals surface area contributed by atoms with E-state index >= 15 is 0 Å². The fourth-order valence-corrected chi connectivity index (χ4v) is 4.18. The molecule has 0 aliphatic carbocycles. The summed E-state index contributed by atoms with van der Waals surface area (Å²) in [6.07, 6.45) is 3.42. The van der Waals surface area contributed by atoms with Crippen molar-refractivity contribution < 1.29 is 12.8 Å². The van der Waals surface area contributed by atoms with Crippen LogP contribution in [0.25, 0.3) is 11.0 Å². The second kappa shape index (κ2) is 8.28. The number of fused-ring (bicyclic) bond motifs is 1. The van der Waals surface area contributed by atoms with Crippen LogP contribution in [0.1, 0.15) is 18.4 Å². The van der Waals surface area contributed by atoms with Crippen LogP contribution in [0, 0.1) is 5.92 Å². The number of likely N-dealkylation sites (tertiary alicyclic amines) is 1. The Kier molecular flexibility index (Phi) is 6.22. The summed E-state index contributed by atoms with van der Waals surface area (Å²) in [6.45, 7) is 2.45. The van der Waals surface area contributed by atoms with Crippen LogP contribution in [0.5, 0.6) is 0 Å². The molecule has 0 saturated carbocycles. The summed E-state index contributed by atoms with van der Waals surface area (Å²) in [6, 6.07) is 5.01. The molecule has 1 aromatic carbocycles. The standard InChI is InChI=1S/C18H24ClN3O4S/c1-21(2)27(24,25)20-9-13-4-3-7-22(10-13)11-14-12-26-17-6-5-15(19)8-16(17)18(14)23/h5-6,8,12-13,20H,3-4,7,9-11H2,1-2H3. The number of nitrogens with one attached hydrogen (secondary N) is 1. The molecule has 1 unspecified atom stereocenters. The van der Waals surface area contributed by atoms with E-state index < -0.39 is 10.2 Å². The van der Waals surface area contributed by atoms with Gasteiger partial charge < -0.3 is 4.42 Å². The third-order valence-corrected chi connectivity index (χ3v) is 6.57. The summed E-state index contributed by atoms with van der Waals surface area (Å²) < 4.78 is 33.1. The molecule has 2 heterocycles. The van der Waals surface area contributed by atoms with E-state index in [0.29, 0.717) is 34.6 Å². The average Bonchev–Trinajstić information content (AvgIpc) is 2.63. The summed E-state index contributed by atoms with van der Waals surface area (Å²) in [5.41, 5.74) is 1.02. The van der Waals surface area contributed by atoms with Gasteiger partial charge in [0.15, 0.2) is 5.43 Å². The average molecular weight is 414 g/mol. The Morgan fingerprint density at radius 1 is 1.37 bits per heavy atom. The lowest BCUT2D eigenvalue weighted by molar-refractivity contribution is 0.167. The summed E-state index contributed by atoms with van der Waals surface area (Å²) in [5, 5.41) is 0.977. The Labute approximate surface area is 164 Å². The van der Waals surface area contributed by atoms with Crippen LogP contribution < -0.4 is 10.2 Å². The molecule has 0 amide bonds. The predicted molar refractivity (Wildman–Crippen MR) is 106 cm³/mol. The molecule has 1 saturated heterocycles. The molecule has 0 radical (unpaired) electrons. The molecule has 148 valence electrons. The van der Waals surface area contributed by atoms with Gasteiger partial charge in [-0.1, -0.05) is 11.6 Å². The van der Waals surface area contributed by atoms with E-state index in [-0.39, 0.29) is 11.3 Å². The lowest BCUT2D eigenvalue weighted by Crippen LogP contribution is -2.43. The van der Waals surface area contributed by atoms with E-state index in [2.05, 4.69) is 9.62 Å². The van der Waals surface area contributed by atoms with Crippen molar-refractivity contribution in [2.75, 3.05) is 33.7 Å². The highest BCUT2D eigenvalue weighted by atomic mass is 35.5. The van der Waals surface area contributed by atoms with Crippen LogP contribution >= 0.6 is 11.6 Å². The number of piperidine rings is 1. The van der Waals surface area contributed by atoms with E-state index in [4.69, 9.17) is 16.0 Å². The van der Waals surface area contributed by atoms with Gasteiger partial charge in [-0.05, 0) is 43.5 Å². The summed E-state index contributed by atoms with van der Waals surface area (Å²) in [4.78, 5) is 14.9. The first-order valence-electron chi connectivity index (χ1n) is 8.85. The molecule has 1 atom stereocenters. The fourth-order valence-electron chi connectivity index (χ4n) is 3.31. The predicted octanol–water partition coefficient (Wildman–Crippen LogP) is 2.05. The van der Waals surface area contributed by atoms with Gasteiger partial charge >= 0.3 is 0 Å². The van der Waals surface area contributed by atoms with E-state index in [9.17, 15) is 13.2 Å². The number of rotatable bonds is 6. The maximum absolute atomic E-state index is 12.7. The highest BCUT2D eigenvalue weighted by Crippen LogP contribution is 2.20. The minimum Gasteiger partial charge on any atom is -0.464 e. The second-order valence-electron chi connectivity index (χ2n) is 7.11. The van der Waals surface area contributed by atoms with E-state index in [0.717, 1.165) is 25.9 Å². The van der Waals surface area contributed by atoms with Crippen LogP contribution in [0.2, 0.25) is 5.02 Å². The highest BCUT2D eigenvalue weighted by Gasteiger charge is 2.23. The maximum Gasteiger partial charge on any atom is 0.278 e. The first kappa shape index (κ1) is 20.3. The SMILES string of the molecule is CN(C)S(=O)(=O)NCC1CCCN(Cc2coc3ccc(Cl)cc3c2=O)C1. The minimum absolute atomic E-state index is 0.0748. The Morgan fingerprint density at radius 2 is 2.15 bits per heavy atom. The van der Waals surface area contributed by atoms with Crippen molar-refractivity contribution in [2.24, 2.45) is 5.92 Å². The van der Waals surface area contributed by atoms with Crippen LogP contribution in [0.15, 0.2) is 33.7 Å². The zero-order valence-electron chi connectivity index (χ0n) is 15.4. The summed E-state index contributed by atoms with van der Waals surface area (Å²) in [7, 11) is -0.420. The van der Waals surface area contributed by atoms with Gasteiger partial charge in [-0.15, -0.1) is 0 Å². The minimum atomic E-state index is -3.42. The van der Waals surface area contributed by atoms with Crippen LogP contribution in [-0.4, -0.2) is 51.4 Å². The van der Waals surface area contributed by atoms with E-state index in [1.54, 1.807) is 18.2 Å². The molecule has 0 bridgehead atoms. The van der Waals surface area contributed by atoms with Crippen molar-refractivity contribution >= 4 is 32.8 Å². The number of benzene rings is 1. The monoisotopic (exact) mass is 413 g/mol. The van der Waals surface area contributed by atoms with Gasteiger partial charge in [-0.25, -0.2) is 4.72 Å². The third-order valence-electron chi connectivity index (χ3n) is 4.84. The molecular formula is C18H24ClN3O4S. The van der Waals surface area contributed by atoms with Crippen LogP contribution in [0.4, 0.5) is 0 Å². The van der Waals surface area contributed by atoms with Gasteiger partial charge in [0.1, 0.15) is 5.58 Å². The second-order valence-corrected chi connectivity index (χ2v) is 9.52. The van der Waals surface area contributed by atoms with Crippen molar-refractivity contribution in [2.45, 2.75) is 19.4 Å². The van der Waals surface area contributed by atoms with Crippen LogP contribution in [-0.2, 0) is 16.8 Å². The summed E-state index contributed by atoms with van der Waals surface area (Å²) >= 11 is 6.00. The Balaban J connectivity index is 1.68. The smallest absolute Gasteiger partial charge is 0.278 e. The van der Waals surface area contributed by atoms with E-state index in [1.165, 1.54) is 24.7 Å². The molecule has 3 rings (SSSR count). The zero-order chi connectivity index (χ0) is 19.6. The fraction of sp³-hybridized carbons (Fsp3) is 0.500. The van der Waals surface area contributed by atoms with Crippen molar-refractivity contribution in [1.29, 1.82) is 0 Å². The molecular weight excluding hydrogens is 390 g/mol. The number of halogens is 1. The Bertz CT molecular complexity index is 974. The summed E-state index contributed by atoms with van der Waals surface area (Å²) in [5.74, 6) is 0.204. The molecule has 1 aliphatic heterocycles. The van der Waals surface area contributed by atoms with Gasteiger partial charge in [0.25, 0.3) is 10.2 Å². The normalized spacial score (nSPS) is 19.0. The number of hydrogen-bond acceptors (Lipinski definition) is 5. The highest BCUT2D eigenvalue weighted by molar-refractivity contribution is 7.87. The van der Waals surface area contributed by atoms with Gasteiger partial charge in [0.05, 0.1) is 11.6 Å². The van der Waals surface area contributed by atoms with E-state index in [1.807, 2.05) is 0 Å². The van der Waals surface area contributed by atoms with Gasteiger partial charge in [-0.3, -0.25) is 9.69 Å². The Hall–Kier alpha value is -1.45. The first-order valence-corrected chi connectivity index (χ1v) is 10.7. The van der Waals surface area contributed by atoms with Crippen molar-refractivity contribution in [3.63, 3.8) is 0 Å². The first-order chi connectivity index (χ1) is 12.8. The zero-order valence-corrected chi connectivity index (χ0v) is 17.0. The third kappa shape index (κ3) is 4.89. The molecule has 7 nitrogen and oxygen atoms in total. The lowest BCUT2D eigenvalue weighted by Gasteiger charge is -2.32. The van der Waals surface area contributed by atoms with Crippen molar-refractivity contribution in [3.05, 3.63) is 45.3 Å². The molecule has 2 aromatic rings. The molecule has 1 aromatic heterocycles. The van der Waals surface area contributed by atoms with Crippen LogP contribution in [0.3, 0.4) is 0 Å². The molecule has 27 heavy (non-hydrogen) atoms. The number of nitrogens with zero attached hydrogens (tertiary/aromatic N) is 2. The van der Waals surface area contributed by atoms with Crippen molar-refractivity contribution in [1.82, 2.24) is 13.9 Å². The molecule has 9 heteroatoms. The Morgan fingerprint density at radius 3 is 2.89 bits per heavy atom. The molecule has 0 spiro atoms. The quantitative estimate of drug-likeness (QED) is 0.783. The van der Waals surface area contributed by atoms with Gasteiger partial charge in [-0.2, -0.15) is 12.7 Å². The number of hydrogen-bond donors (Lipinski definition) is 1. The molecule has 1 aliphatic rings. The topological polar surface area (TPSA) is 82.9 Å². The molecule has 1 N–H and O–H groups in total. The lowest BCUT2D eigenvalue weighted by atomic mass is 9.98. The van der Waals surface area contributed by atoms with Gasteiger partial charge in [0.2, 0.25) is 0 Å². The molecule has 1 fully saturated rings. The van der Waals surface area contributed by atoms with Crippen molar-refractivity contribution in [3.8, 4) is 0 Å². The maximum atomic E-state index is 12.7. The largest absolute Gasteiger partial charge is 0.464 e.